The van der Waals surface area contributed by atoms with Gasteiger partial charge < -0.3 is 9.73 Å². The minimum Gasteiger partial charge on any atom is -0.447 e. The van der Waals surface area contributed by atoms with Gasteiger partial charge in [0.2, 0.25) is 5.91 Å². The number of hydrogen-bond acceptors (Lipinski definition) is 6. The van der Waals surface area contributed by atoms with E-state index >= 15 is 0 Å². The van der Waals surface area contributed by atoms with Gasteiger partial charge in [-0.1, -0.05) is 36.4 Å². The lowest BCUT2D eigenvalue weighted by molar-refractivity contribution is -0.131. The van der Waals surface area contributed by atoms with Gasteiger partial charge in [0.15, 0.2) is 6.39 Å². The zero-order valence-corrected chi connectivity index (χ0v) is 16.9. The normalized spacial score (nSPS) is 14.8. The summed E-state index contributed by atoms with van der Waals surface area (Å²) in [5.41, 5.74) is 3.66. The third-order valence-corrected chi connectivity index (χ3v) is 5.40. The molecule has 0 saturated carbocycles. The Labute approximate surface area is 180 Å². The van der Waals surface area contributed by atoms with Gasteiger partial charge in [0.25, 0.3) is 0 Å². The zero-order chi connectivity index (χ0) is 21.6. The minimum absolute atomic E-state index is 0.0884. The predicted octanol–water partition coefficient (Wildman–Crippen LogP) is 2.90. The first-order chi connectivity index (χ1) is 15.1. The second kappa shape index (κ2) is 9.25. The van der Waals surface area contributed by atoms with Crippen molar-refractivity contribution >= 4 is 5.91 Å². The number of aromatic nitrogens is 1. The number of rotatable bonds is 7. The maximum Gasteiger partial charge on any atom is 0.226 e. The first-order valence-electron chi connectivity index (χ1n) is 10.0. The molecule has 4 rings (SSSR count). The van der Waals surface area contributed by atoms with Gasteiger partial charge in [0.05, 0.1) is 36.4 Å². The molecule has 0 radical (unpaired) electrons. The Balaban J connectivity index is 1.28. The third kappa shape index (κ3) is 4.98. The molecule has 1 aliphatic rings. The van der Waals surface area contributed by atoms with E-state index in [0.29, 0.717) is 31.6 Å². The molecule has 2 aromatic carbocycles. The third-order valence-electron chi connectivity index (χ3n) is 5.40. The SMILES string of the molecule is N#Cc1ccc(-c2ccc(C[C@@H](C#N)NC(=O)C3CN(Cc4cnco4)C3)cc2)cc1. The predicted molar refractivity (Wildman–Crippen MR) is 113 cm³/mol. The van der Waals surface area contributed by atoms with Crippen LogP contribution < -0.4 is 5.32 Å². The molecule has 1 atom stereocenters. The summed E-state index contributed by atoms with van der Waals surface area (Å²) in [6, 6.07) is 19.0. The number of carbonyl (C=O) groups excluding carboxylic acids is 1. The van der Waals surface area contributed by atoms with E-state index in [1.807, 2.05) is 36.4 Å². The average molecular weight is 411 g/mol. The number of likely N-dealkylation sites (tertiary alicyclic amines) is 1. The van der Waals surface area contributed by atoms with Crippen molar-refractivity contribution in [3.05, 3.63) is 78.0 Å². The van der Waals surface area contributed by atoms with Crippen molar-refractivity contribution in [2.75, 3.05) is 13.1 Å². The number of carbonyl (C=O) groups is 1. The molecule has 1 N–H and O–H groups in total. The van der Waals surface area contributed by atoms with Crippen LogP contribution in [0.1, 0.15) is 16.9 Å². The molecular formula is C24H21N5O2. The summed E-state index contributed by atoms with van der Waals surface area (Å²) >= 11 is 0. The average Bonchev–Trinajstić information content (AvgIpc) is 3.29. The number of nitrogens with zero attached hydrogens (tertiary/aromatic N) is 4. The van der Waals surface area contributed by atoms with Crippen LogP contribution >= 0.6 is 0 Å². The van der Waals surface area contributed by atoms with Crippen molar-refractivity contribution in [1.82, 2.24) is 15.2 Å². The number of benzene rings is 2. The highest BCUT2D eigenvalue weighted by Crippen LogP contribution is 2.21. The Morgan fingerprint density at radius 2 is 1.81 bits per heavy atom. The van der Waals surface area contributed by atoms with E-state index in [0.717, 1.165) is 22.5 Å². The molecule has 3 aromatic rings. The molecule has 1 saturated heterocycles. The minimum atomic E-state index is -0.573. The van der Waals surface area contributed by atoms with Crippen LogP contribution in [0.3, 0.4) is 0 Å². The molecule has 0 spiro atoms. The largest absolute Gasteiger partial charge is 0.447 e. The van der Waals surface area contributed by atoms with E-state index in [1.54, 1.807) is 18.3 Å². The van der Waals surface area contributed by atoms with Crippen molar-refractivity contribution in [2.45, 2.75) is 19.0 Å². The summed E-state index contributed by atoms with van der Waals surface area (Å²) < 4.78 is 5.22. The summed E-state index contributed by atoms with van der Waals surface area (Å²) in [6.07, 6.45) is 3.52. The molecule has 1 amide bonds. The Morgan fingerprint density at radius 3 is 2.39 bits per heavy atom. The molecule has 0 aliphatic carbocycles. The second-order valence-corrected chi connectivity index (χ2v) is 7.64. The lowest BCUT2D eigenvalue weighted by Gasteiger charge is -2.37. The first-order valence-corrected chi connectivity index (χ1v) is 10.0. The zero-order valence-electron chi connectivity index (χ0n) is 16.9. The Hall–Kier alpha value is -3.94. The van der Waals surface area contributed by atoms with E-state index < -0.39 is 6.04 Å². The molecule has 31 heavy (non-hydrogen) atoms. The number of hydrogen-bond donors (Lipinski definition) is 1. The molecule has 7 nitrogen and oxygen atoms in total. The summed E-state index contributed by atoms with van der Waals surface area (Å²) in [6.45, 7) is 1.92. The van der Waals surface area contributed by atoms with Crippen molar-refractivity contribution in [2.24, 2.45) is 5.92 Å². The lowest BCUT2D eigenvalue weighted by atomic mass is 9.97. The van der Waals surface area contributed by atoms with Crippen molar-refractivity contribution < 1.29 is 9.21 Å². The molecule has 2 heterocycles. The second-order valence-electron chi connectivity index (χ2n) is 7.64. The molecule has 7 heteroatoms. The fourth-order valence-electron chi connectivity index (χ4n) is 3.63. The van der Waals surface area contributed by atoms with Crippen LogP contribution in [0.15, 0.2) is 65.5 Å². The van der Waals surface area contributed by atoms with E-state index in [9.17, 15) is 10.1 Å². The van der Waals surface area contributed by atoms with Gasteiger partial charge in [-0.05, 0) is 28.8 Å². The van der Waals surface area contributed by atoms with Crippen molar-refractivity contribution in [1.29, 1.82) is 10.5 Å². The van der Waals surface area contributed by atoms with E-state index in [1.165, 1.54) is 6.39 Å². The summed E-state index contributed by atoms with van der Waals surface area (Å²) in [7, 11) is 0. The number of oxazole rings is 1. The molecule has 0 bridgehead atoms. The van der Waals surface area contributed by atoms with E-state index in [-0.39, 0.29) is 11.8 Å². The highest BCUT2D eigenvalue weighted by atomic mass is 16.3. The van der Waals surface area contributed by atoms with Crippen LogP contribution in [0.5, 0.6) is 0 Å². The van der Waals surface area contributed by atoms with Gasteiger partial charge in [0, 0.05) is 19.5 Å². The summed E-state index contributed by atoms with van der Waals surface area (Å²) in [5.74, 6) is 0.574. The fourth-order valence-corrected chi connectivity index (χ4v) is 3.63. The molecule has 1 fully saturated rings. The van der Waals surface area contributed by atoms with Crippen LogP contribution in [0.25, 0.3) is 11.1 Å². The van der Waals surface area contributed by atoms with Crippen LogP contribution in [-0.2, 0) is 17.8 Å². The fraction of sp³-hybridized carbons (Fsp3) is 0.250. The van der Waals surface area contributed by atoms with Gasteiger partial charge >= 0.3 is 0 Å². The molecule has 154 valence electrons. The quantitative estimate of drug-likeness (QED) is 0.641. The smallest absolute Gasteiger partial charge is 0.226 e. The van der Waals surface area contributed by atoms with E-state index in [2.05, 4.69) is 27.3 Å². The topological polar surface area (TPSA) is 106 Å². The van der Waals surface area contributed by atoms with Gasteiger partial charge in [-0.2, -0.15) is 10.5 Å². The van der Waals surface area contributed by atoms with Crippen LogP contribution in [0, 0.1) is 28.6 Å². The van der Waals surface area contributed by atoms with Gasteiger partial charge in [0.1, 0.15) is 11.8 Å². The number of amides is 1. The highest BCUT2D eigenvalue weighted by molar-refractivity contribution is 5.80. The maximum absolute atomic E-state index is 12.5. The molecule has 0 unspecified atom stereocenters. The highest BCUT2D eigenvalue weighted by Gasteiger charge is 2.33. The molecule has 1 aromatic heterocycles. The maximum atomic E-state index is 12.5. The van der Waals surface area contributed by atoms with E-state index in [4.69, 9.17) is 9.68 Å². The van der Waals surface area contributed by atoms with Gasteiger partial charge in [-0.15, -0.1) is 0 Å². The standard InChI is InChI=1S/C24H21N5O2/c25-10-18-3-7-20(8-4-18)19-5-1-17(2-6-19)9-22(11-26)28-24(30)21-13-29(14-21)15-23-12-27-16-31-23/h1-8,12,16,21-22H,9,13-15H2,(H,28,30)/t22-/m0/s1. The summed E-state index contributed by atoms with van der Waals surface area (Å²) in [5, 5.41) is 21.3. The summed E-state index contributed by atoms with van der Waals surface area (Å²) in [4.78, 5) is 18.5. The monoisotopic (exact) mass is 411 g/mol. The Kier molecular flexibility index (Phi) is 6.07. The van der Waals surface area contributed by atoms with Crippen LogP contribution in [0.4, 0.5) is 0 Å². The van der Waals surface area contributed by atoms with Crippen molar-refractivity contribution in [3.8, 4) is 23.3 Å². The van der Waals surface area contributed by atoms with Gasteiger partial charge in [-0.3, -0.25) is 9.69 Å². The number of nitrogens with one attached hydrogen (secondary N) is 1. The Bertz CT molecular complexity index is 1100. The van der Waals surface area contributed by atoms with Crippen molar-refractivity contribution in [3.63, 3.8) is 0 Å². The van der Waals surface area contributed by atoms with Gasteiger partial charge in [-0.25, -0.2) is 4.98 Å². The van der Waals surface area contributed by atoms with Crippen LogP contribution in [0.2, 0.25) is 0 Å². The Morgan fingerprint density at radius 1 is 1.13 bits per heavy atom. The lowest BCUT2D eigenvalue weighted by Crippen LogP contribution is -2.54. The molecule has 1 aliphatic heterocycles. The van der Waals surface area contributed by atoms with Crippen LogP contribution in [-0.4, -0.2) is 34.9 Å². The number of nitriles is 2. The first kappa shape index (κ1) is 20.3. The molecular weight excluding hydrogens is 390 g/mol.